The van der Waals surface area contributed by atoms with E-state index in [1.54, 1.807) is 0 Å². The molecule has 3 aromatic carbocycles. The summed E-state index contributed by atoms with van der Waals surface area (Å²) in [5.41, 5.74) is 8.44. The summed E-state index contributed by atoms with van der Waals surface area (Å²) in [4.78, 5) is 24.5. The highest BCUT2D eigenvalue weighted by Gasteiger charge is 2.27. The molecule has 182 valence electrons. The quantitative estimate of drug-likeness (QED) is 0.443. The minimum Gasteiger partial charge on any atom is -0.485 e. The third kappa shape index (κ3) is 7.07. The molecule has 2 amide bonds. The fourth-order valence-electron chi connectivity index (χ4n) is 3.89. The number of ether oxygens (including phenoxy) is 3. The Morgan fingerprint density at radius 3 is 2.09 bits per heavy atom. The van der Waals surface area contributed by atoms with Gasteiger partial charge in [-0.25, -0.2) is 0 Å². The summed E-state index contributed by atoms with van der Waals surface area (Å²) in [5, 5.41) is 2.73. The van der Waals surface area contributed by atoms with Crippen molar-refractivity contribution in [2.75, 3.05) is 6.61 Å². The highest BCUT2D eigenvalue weighted by molar-refractivity contribution is 5.88. The normalized spacial score (nSPS) is 15.8. The molecule has 0 unspecified atom stereocenters. The molecule has 4 rings (SSSR count). The van der Waals surface area contributed by atoms with E-state index in [0.29, 0.717) is 37.7 Å². The molecule has 1 heterocycles. The Kier molecular flexibility index (Phi) is 8.35. The number of nitrogens with one attached hydrogen (secondary N) is 1. The van der Waals surface area contributed by atoms with Crippen molar-refractivity contribution in [3.05, 3.63) is 95.6 Å². The van der Waals surface area contributed by atoms with Crippen molar-refractivity contribution in [2.45, 2.75) is 44.6 Å². The highest BCUT2D eigenvalue weighted by atomic mass is 16.5. The number of carbonyl (C=O) groups is 2. The zero-order valence-corrected chi connectivity index (χ0v) is 19.5. The summed E-state index contributed by atoms with van der Waals surface area (Å²) >= 11 is 0. The third-order valence-corrected chi connectivity index (χ3v) is 5.80. The Balaban J connectivity index is 1.49. The van der Waals surface area contributed by atoms with Gasteiger partial charge < -0.3 is 25.3 Å². The van der Waals surface area contributed by atoms with Crippen molar-refractivity contribution < 1.29 is 23.8 Å². The molecule has 0 aliphatic carbocycles. The molecule has 2 atom stereocenters. The van der Waals surface area contributed by atoms with E-state index in [-0.39, 0.29) is 12.3 Å². The first kappa shape index (κ1) is 24.3. The van der Waals surface area contributed by atoms with Gasteiger partial charge in [-0.3, -0.25) is 9.59 Å². The molecule has 1 aliphatic heterocycles. The average molecular weight is 475 g/mol. The van der Waals surface area contributed by atoms with Gasteiger partial charge in [0.1, 0.15) is 25.4 Å². The van der Waals surface area contributed by atoms with E-state index in [2.05, 4.69) is 5.32 Å². The van der Waals surface area contributed by atoms with Crippen LogP contribution in [0.1, 0.15) is 29.5 Å². The van der Waals surface area contributed by atoms with E-state index in [1.165, 1.54) is 0 Å². The van der Waals surface area contributed by atoms with Crippen LogP contribution in [0.15, 0.2) is 78.9 Å². The maximum Gasteiger partial charge on any atom is 0.249 e. The highest BCUT2D eigenvalue weighted by Crippen LogP contribution is 2.30. The summed E-state index contributed by atoms with van der Waals surface area (Å²) in [6, 6.07) is 24.3. The van der Waals surface area contributed by atoms with Gasteiger partial charge in [0.2, 0.25) is 11.8 Å². The summed E-state index contributed by atoms with van der Waals surface area (Å²) in [7, 11) is 0. The van der Waals surface area contributed by atoms with Crippen molar-refractivity contribution in [3.63, 3.8) is 0 Å². The van der Waals surface area contributed by atoms with Crippen molar-refractivity contribution in [3.8, 4) is 11.5 Å². The lowest BCUT2D eigenvalue weighted by Gasteiger charge is -2.19. The lowest BCUT2D eigenvalue weighted by Crippen LogP contribution is -2.49. The van der Waals surface area contributed by atoms with E-state index < -0.39 is 18.1 Å². The summed E-state index contributed by atoms with van der Waals surface area (Å²) < 4.78 is 17.6. The number of hydrogen-bond acceptors (Lipinski definition) is 5. The smallest absolute Gasteiger partial charge is 0.249 e. The largest absolute Gasteiger partial charge is 0.485 e. The van der Waals surface area contributed by atoms with Gasteiger partial charge in [-0.1, -0.05) is 66.7 Å². The number of primary amides is 1. The van der Waals surface area contributed by atoms with Crippen LogP contribution in [-0.2, 0) is 34.0 Å². The lowest BCUT2D eigenvalue weighted by molar-refractivity contribution is -0.133. The van der Waals surface area contributed by atoms with Crippen LogP contribution in [0.2, 0.25) is 0 Å². The standard InChI is InChI=1S/C28H30N2O5/c29-27(31)23(30-28(32)25-12-7-15-33-25)16-22-13-14-24(34-18-20-8-3-1-4-9-20)26(17-22)35-19-21-10-5-2-6-11-21/h1-6,8-11,13-14,17,23,25H,7,12,15-16,18-19H2,(H2,29,31)(H,30,32)/t23-,25+/m0/s1. The number of nitrogens with two attached hydrogens (primary N) is 1. The SMILES string of the molecule is NC(=O)[C@H](Cc1ccc(OCc2ccccc2)c(OCc2ccccc2)c1)NC(=O)[C@H]1CCCO1. The molecule has 0 bridgehead atoms. The van der Waals surface area contributed by atoms with Gasteiger partial charge in [-0.05, 0) is 41.7 Å². The molecule has 0 radical (unpaired) electrons. The van der Waals surface area contributed by atoms with Gasteiger partial charge in [0.25, 0.3) is 0 Å². The van der Waals surface area contributed by atoms with Crippen LogP contribution in [0.25, 0.3) is 0 Å². The molecule has 3 aromatic rings. The van der Waals surface area contributed by atoms with Gasteiger partial charge in [-0.2, -0.15) is 0 Å². The first-order valence-electron chi connectivity index (χ1n) is 11.8. The molecule has 35 heavy (non-hydrogen) atoms. The summed E-state index contributed by atoms with van der Waals surface area (Å²) in [6.45, 7) is 1.30. The zero-order valence-electron chi connectivity index (χ0n) is 19.5. The zero-order chi connectivity index (χ0) is 24.5. The molecule has 7 nitrogen and oxygen atoms in total. The topological polar surface area (TPSA) is 99.9 Å². The predicted molar refractivity (Wildman–Crippen MR) is 132 cm³/mol. The lowest BCUT2D eigenvalue weighted by atomic mass is 10.0. The van der Waals surface area contributed by atoms with E-state index in [4.69, 9.17) is 19.9 Å². The van der Waals surface area contributed by atoms with Crippen LogP contribution >= 0.6 is 0 Å². The van der Waals surface area contributed by atoms with Gasteiger partial charge in [0.15, 0.2) is 11.5 Å². The van der Waals surface area contributed by atoms with Crippen molar-refractivity contribution in [1.29, 1.82) is 0 Å². The van der Waals surface area contributed by atoms with Gasteiger partial charge >= 0.3 is 0 Å². The average Bonchev–Trinajstić information content (AvgIpc) is 3.43. The van der Waals surface area contributed by atoms with E-state index in [9.17, 15) is 9.59 Å². The van der Waals surface area contributed by atoms with Crippen molar-refractivity contribution >= 4 is 11.8 Å². The van der Waals surface area contributed by atoms with E-state index >= 15 is 0 Å². The van der Waals surface area contributed by atoms with Crippen LogP contribution in [0.4, 0.5) is 0 Å². The minimum absolute atomic E-state index is 0.231. The Morgan fingerprint density at radius 1 is 0.886 bits per heavy atom. The second kappa shape index (κ2) is 12.0. The Morgan fingerprint density at radius 2 is 1.51 bits per heavy atom. The monoisotopic (exact) mass is 474 g/mol. The summed E-state index contributed by atoms with van der Waals surface area (Å²) in [5.74, 6) is 0.227. The molecule has 3 N–H and O–H groups in total. The van der Waals surface area contributed by atoms with Crippen molar-refractivity contribution in [1.82, 2.24) is 5.32 Å². The Bertz CT molecular complexity index is 1110. The van der Waals surface area contributed by atoms with Crippen molar-refractivity contribution in [2.24, 2.45) is 5.73 Å². The van der Waals surface area contributed by atoms with Gasteiger partial charge in [0, 0.05) is 13.0 Å². The number of benzene rings is 3. The fraction of sp³-hybridized carbons (Fsp3) is 0.286. The Hall–Kier alpha value is -3.84. The molecular formula is C28H30N2O5. The minimum atomic E-state index is -0.857. The second-order valence-electron chi connectivity index (χ2n) is 8.50. The summed E-state index contributed by atoms with van der Waals surface area (Å²) in [6.07, 6.45) is 1.16. The number of carbonyl (C=O) groups excluding carboxylic acids is 2. The molecule has 7 heteroatoms. The van der Waals surface area contributed by atoms with Crippen LogP contribution in [0.5, 0.6) is 11.5 Å². The molecule has 1 aliphatic rings. The van der Waals surface area contributed by atoms with Crippen LogP contribution in [-0.4, -0.2) is 30.6 Å². The Labute approximate surface area is 205 Å². The number of rotatable bonds is 11. The molecule has 0 saturated carbocycles. The molecule has 0 spiro atoms. The number of hydrogen-bond donors (Lipinski definition) is 2. The second-order valence-corrected chi connectivity index (χ2v) is 8.50. The van der Waals surface area contributed by atoms with Gasteiger partial charge in [0.05, 0.1) is 0 Å². The third-order valence-electron chi connectivity index (χ3n) is 5.80. The predicted octanol–water partition coefficient (Wildman–Crippen LogP) is 3.54. The van der Waals surface area contributed by atoms with Crippen LogP contribution in [0, 0.1) is 0 Å². The van der Waals surface area contributed by atoms with Crippen LogP contribution < -0.4 is 20.5 Å². The fourth-order valence-corrected chi connectivity index (χ4v) is 3.89. The maximum atomic E-state index is 12.5. The molecule has 0 aromatic heterocycles. The molecule has 1 fully saturated rings. The first-order valence-corrected chi connectivity index (χ1v) is 11.8. The molecular weight excluding hydrogens is 444 g/mol. The van der Waals surface area contributed by atoms with E-state index in [1.807, 2.05) is 78.9 Å². The van der Waals surface area contributed by atoms with Gasteiger partial charge in [-0.15, -0.1) is 0 Å². The molecule has 1 saturated heterocycles. The van der Waals surface area contributed by atoms with E-state index in [0.717, 1.165) is 23.1 Å². The number of amides is 2. The van der Waals surface area contributed by atoms with Crippen LogP contribution in [0.3, 0.4) is 0 Å². The first-order chi connectivity index (χ1) is 17.1. The maximum absolute atomic E-state index is 12.5.